The highest BCUT2D eigenvalue weighted by atomic mass is 32.2. The van der Waals surface area contributed by atoms with E-state index in [1.54, 1.807) is 11.8 Å². The third-order valence-electron chi connectivity index (χ3n) is 3.15. The molecule has 3 aromatic rings. The second-order valence-corrected chi connectivity index (χ2v) is 5.62. The number of rotatable bonds is 3. The van der Waals surface area contributed by atoms with E-state index >= 15 is 0 Å². The summed E-state index contributed by atoms with van der Waals surface area (Å²) in [5.74, 6) is 1.71. The van der Waals surface area contributed by atoms with Gasteiger partial charge in [0, 0.05) is 11.3 Å². The third kappa shape index (κ3) is 2.38. The van der Waals surface area contributed by atoms with Gasteiger partial charge in [-0.2, -0.15) is 0 Å². The molecule has 0 radical (unpaired) electrons. The van der Waals surface area contributed by atoms with Gasteiger partial charge in [-0.25, -0.2) is 4.98 Å². The van der Waals surface area contributed by atoms with Gasteiger partial charge in [-0.15, -0.1) is 0 Å². The van der Waals surface area contributed by atoms with E-state index in [0.717, 1.165) is 39.0 Å². The molecule has 98 valence electrons. The molecule has 0 bridgehead atoms. The molecule has 0 aliphatic heterocycles. The molecule has 4 nitrogen and oxygen atoms in total. The normalized spacial score (nSPS) is 11.3. The summed E-state index contributed by atoms with van der Waals surface area (Å²) >= 11 is 1.67. The van der Waals surface area contributed by atoms with Gasteiger partial charge in [0.1, 0.15) is 5.76 Å². The maximum absolute atomic E-state index is 5.16. The van der Waals surface area contributed by atoms with Crippen LogP contribution in [-0.2, 0) is 5.75 Å². The number of H-pyrrole nitrogens is 1. The fourth-order valence-corrected chi connectivity index (χ4v) is 3.06. The lowest BCUT2D eigenvalue weighted by Gasteiger charge is -1.96. The highest BCUT2D eigenvalue weighted by Crippen LogP contribution is 2.26. The summed E-state index contributed by atoms with van der Waals surface area (Å²) < 4.78 is 5.16. The quantitative estimate of drug-likeness (QED) is 0.738. The van der Waals surface area contributed by atoms with Crippen LogP contribution in [0.5, 0.6) is 0 Å². The Morgan fingerprint density at radius 1 is 1.26 bits per heavy atom. The first-order valence-corrected chi connectivity index (χ1v) is 7.13. The van der Waals surface area contributed by atoms with Crippen LogP contribution in [0.1, 0.15) is 22.6 Å². The molecule has 1 aromatic carbocycles. The van der Waals surface area contributed by atoms with Crippen LogP contribution in [0, 0.1) is 20.8 Å². The lowest BCUT2D eigenvalue weighted by molar-refractivity contribution is 0.392. The highest BCUT2D eigenvalue weighted by molar-refractivity contribution is 7.98. The minimum Gasteiger partial charge on any atom is -0.361 e. The molecule has 0 unspecified atom stereocenters. The fraction of sp³-hybridized carbons (Fsp3) is 0.286. The first kappa shape index (κ1) is 12.3. The number of benzene rings is 1. The van der Waals surface area contributed by atoms with Crippen molar-refractivity contribution in [3.8, 4) is 0 Å². The highest BCUT2D eigenvalue weighted by Gasteiger charge is 2.11. The number of aromatic nitrogens is 3. The van der Waals surface area contributed by atoms with E-state index in [9.17, 15) is 0 Å². The maximum Gasteiger partial charge on any atom is 0.166 e. The van der Waals surface area contributed by atoms with Crippen molar-refractivity contribution in [3.63, 3.8) is 0 Å². The number of hydrogen-bond acceptors (Lipinski definition) is 4. The van der Waals surface area contributed by atoms with Gasteiger partial charge in [0.2, 0.25) is 0 Å². The van der Waals surface area contributed by atoms with Gasteiger partial charge in [0.25, 0.3) is 0 Å². The third-order valence-corrected chi connectivity index (χ3v) is 4.05. The first-order valence-electron chi connectivity index (χ1n) is 6.14. The van der Waals surface area contributed by atoms with Crippen LogP contribution in [0.3, 0.4) is 0 Å². The Balaban J connectivity index is 1.82. The van der Waals surface area contributed by atoms with Crippen LogP contribution in [0.15, 0.2) is 27.9 Å². The zero-order valence-electron chi connectivity index (χ0n) is 11.2. The van der Waals surface area contributed by atoms with Gasteiger partial charge in [0.05, 0.1) is 16.7 Å². The molecule has 3 rings (SSSR count). The Kier molecular flexibility index (Phi) is 3.06. The molecule has 0 spiro atoms. The van der Waals surface area contributed by atoms with Crippen LogP contribution in [-0.4, -0.2) is 15.1 Å². The summed E-state index contributed by atoms with van der Waals surface area (Å²) in [7, 11) is 0. The Morgan fingerprint density at radius 2 is 2.11 bits per heavy atom. The zero-order valence-corrected chi connectivity index (χ0v) is 12.0. The van der Waals surface area contributed by atoms with Crippen LogP contribution in [0.2, 0.25) is 0 Å². The largest absolute Gasteiger partial charge is 0.361 e. The van der Waals surface area contributed by atoms with Gasteiger partial charge < -0.3 is 9.51 Å². The average molecular weight is 273 g/mol. The first-order chi connectivity index (χ1) is 9.13. The van der Waals surface area contributed by atoms with Crippen molar-refractivity contribution < 1.29 is 4.52 Å². The smallest absolute Gasteiger partial charge is 0.166 e. The van der Waals surface area contributed by atoms with E-state index in [0.29, 0.717) is 0 Å². The van der Waals surface area contributed by atoms with Crippen LogP contribution in [0.25, 0.3) is 11.0 Å². The summed E-state index contributed by atoms with van der Waals surface area (Å²) in [5, 5.41) is 4.89. The molecule has 1 N–H and O–H groups in total. The molecule has 2 aromatic heterocycles. The number of thioether (sulfide) groups is 1. The van der Waals surface area contributed by atoms with Crippen molar-refractivity contribution >= 4 is 22.8 Å². The van der Waals surface area contributed by atoms with E-state index in [1.807, 2.05) is 19.9 Å². The Bertz CT molecular complexity index is 710. The SMILES string of the molecule is Cc1ccc2nc(SCc3c(C)noc3C)[nH]c2c1. The lowest BCUT2D eigenvalue weighted by Crippen LogP contribution is -1.85. The van der Waals surface area contributed by atoms with Crippen molar-refractivity contribution in [1.82, 2.24) is 15.1 Å². The van der Waals surface area contributed by atoms with Crippen molar-refractivity contribution in [2.75, 3.05) is 0 Å². The minimum atomic E-state index is 0.819. The van der Waals surface area contributed by atoms with E-state index in [2.05, 4.69) is 34.2 Å². The standard InChI is InChI=1S/C14H15N3OS/c1-8-4-5-12-13(6-8)16-14(15-12)19-7-11-9(2)17-18-10(11)3/h4-6H,7H2,1-3H3,(H,15,16). The monoisotopic (exact) mass is 273 g/mol. The van der Waals surface area contributed by atoms with E-state index < -0.39 is 0 Å². The number of aryl methyl sites for hydroxylation is 3. The molecule has 0 aliphatic rings. The molecule has 0 saturated carbocycles. The van der Waals surface area contributed by atoms with Crippen molar-refractivity contribution in [2.45, 2.75) is 31.7 Å². The van der Waals surface area contributed by atoms with Crippen LogP contribution < -0.4 is 0 Å². The number of nitrogens with one attached hydrogen (secondary N) is 1. The molecule has 0 amide bonds. The average Bonchev–Trinajstić information content (AvgIpc) is 2.91. The molecule has 2 heterocycles. The molecule has 5 heteroatoms. The van der Waals surface area contributed by atoms with Gasteiger partial charge in [-0.05, 0) is 38.5 Å². The molecule has 19 heavy (non-hydrogen) atoms. The van der Waals surface area contributed by atoms with E-state index in [1.165, 1.54) is 5.56 Å². The number of hydrogen-bond donors (Lipinski definition) is 1. The summed E-state index contributed by atoms with van der Waals surface area (Å²) in [6, 6.07) is 6.23. The van der Waals surface area contributed by atoms with Gasteiger partial charge in [0.15, 0.2) is 5.16 Å². The van der Waals surface area contributed by atoms with E-state index in [-0.39, 0.29) is 0 Å². The summed E-state index contributed by atoms with van der Waals surface area (Å²) in [6.45, 7) is 5.99. The molecular formula is C14H15N3OS. The van der Waals surface area contributed by atoms with E-state index in [4.69, 9.17) is 4.52 Å². The lowest BCUT2D eigenvalue weighted by atomic mass is 10.2. The zero-order chi connectivity index (χ0) is 13.4. The van der Waals surface area contributed by atoms with Gasteiger partial charge in [-0.3, -0.25) is 0 Å². The van der Waals surface area contributed by atoms with Crippen LogP contribution >= 0.6 is 11.8 Å². The predicted molar refractivity (Wildman–Crippen MR) is 76.4 cm³/mol. The fourth-order valence-electron chi connectivity index (χ4n) is 2.02. The summed E-state index contributed by atoms with van der Waals surface area (Å²) in [4.78, 5) is 7.91. The summed E-state index contributed by atoms with van der Waals surface area (Å²) in [6.07, 6.45) is 0. The minimum absolute atomic E-state index is 0.819. The Morgan fingerprint density at radius 3 is 2.84 bits per heavy atom. The Labute approximate surface area is 115 Å². The second kappa shape index (κ2) is 4.74. The van der Waals surface area contributed by atoms with Crippen LogP contribution in [0.4, 0.5) is 0 Å². The molecular weight excluding hydrogens is 258 g/mol. The molecule has 0 aliphatic carbocycles. The molecule has 0 atom stereocenters. The number of fused-ring (bicyclic) bond motifs is 1. The van der Waals surface area contributed by atoms with Crippen molar-refractivity contribution in [3.05, 3.63) is 40.8 Å². The molecule has 0 saturated heterocycles. The van der Waals surface area contributed by atoms with Crippen molar-refractivity contribution in [2.24, 2.45) is 0 Å². The second-order valence-electron chi connectivity index (χ2n) is 4.65. The van der Waals surface area contributed by atoms with Gasteiger partial charge >= 0.3 is 0 Å². The van der Waals surface area contributed by atoms with Crippen molar-refractivity contribution in [1.29, 1.82) is 0 Å². The topological polar surface area (TPSA) is 54.7 Å². The van der Waals surface area contributed by atoms with Gasteiger partial charge in [-0.1, -0.05) is 23.0 Å². The maximum atomic E-state index is 5.16. The number of imidazole rings is 1. The summed E-state index contributed by atoms with van der Waals surface area (Å²) in [5.41, 5.74) is 5.44. The Hall–Kier alpha value is -1.75. The number of nitrogens with zero attached hydrogens (tertiary/aromatic N) is 2. The predicted octanol–water partition coefficient (Wildman–Crippen LogP) is 3.77. The molecule has 0 fully saturated rings. The number of aromatic amines is 1.